The van der Waals surface area contributed by atoms with Crippen LogP contribution in [-0.4, -0.2) is 12.6 Å². The highest BCUT2D eigenvalue weighted by Gasteiger charge is 2.49. The van der Waals surface area contributed by atoms with Crippen molar-refractivity contribution >= 4 is 0 Å². The molecule has 0 saturated heterocycles. The quantitative estimate of drug-likeness (QED) is 0.729. The summed E-state index contributed by atoms with van der Waals surface area (Å²) >= 11 is 0. The molecule has 4 rings (SSSR count). The van der Waals surface area contributed by atoms with Gasteiger partial charge in [-0.2, -0.15) is 0 Å². The molecule has 4 aliphatic rings. The first-order chi connectivity index (χ1) is 8.15. The lowest BCUT2D eigenvalue weighted by Crippen LogP contribution is -2.45. The number of hydrogen-bond donors (Lipinski definition) is 1. The predicted molar refractivity (Wildman–Crippen MR) is 72.9 cm³/mol. The van der Waals surface area contributed by atoms with E-state index in [1.165, 1.54) is 19.3 Å². The molecule has 4 saturated carbocycles. The lowest BCUT2D eigenvalue weighted by molar-refractivity contribution is -0.0238. The fourth-order valence-corrected chi connectivity index (χ4v) is 4.99. The van der Waals surface area contributed by atoms with Crippen LogP contribution in [0, 0.1) is 23.2 Å². The standard InChI is InChI=1S/C16H27N/c1-12(2)17-5-3-4-16-9-13-6-14(10-16)8-15(7-13)11-16/h3-4,12-15,17H,5-11H2,1-2H3/b4-3+. The summed E-state index contributed by atoms with van der Waals surface area (Å²) in [6, 6.07) is 0.607. The van der Waals surface area contributed by atoms with E-state index in [-0.39, 0.29) is 0 Å². The van der Waals surface area contributed by atoms with Gasteiger partial charge in [-0.15, -0.1) is 0 Å². The van der Waals surface area contributed by atoms with Crippen LogP contribution in [-0.2, 0) is 0 Å². The van der Waals surface area contributed by atoms with E-state index >= 15 is 0 Å². The van der Waals surface area contributed by atoms with Crippen LogP contribution in [0.3, 0.4) is 0 Å². The highest BCUT2D eigenvalue weighted by molar-refractivity contribution is 5.11. The molecule has 4 bridgehead atoms. The summed E-state index contributed by atoms with van der Waals surface area (Å²) in [5.74, 6) is 3.22. The second-order valence-corrected chi connectivity index (χ2v) is 7.25. The third-order valence-electron chi connectivity index (χ3n) is 5.20. The van der Waals surface area contributed by atoms with Crippen molar-refractivity contribution in [3.05, 3.63) is 12.2 Å². The fourth-order valence-electron chi connectivity index (χ4n) is 4.99. The van der Waals surface area contributed by atoms with Crippen molar-refractivity contribution in [2.75, 3.05) is 6.54 Å². The first kappa shape index (κ1) is 11.8. The molecule has 0 aromatic rings. The average Bonchev–Trinajstić information content (AvgIpc) is 2.22. The Balaban J connectivity index is 1.62. The second kappa shape index (κ2) is 4.42. The van der Waals surface area contributed by atoms with Crippen molar-refractivity contribution in [2.45, 2.75) is 58.4 Å². The van der Waals surface area contributed by atoms with E-state index in [4.69, 9.17) is 0 Å². The van der Waals surface area contributed by atoms with Gasteiger partial charge in [0, 0.05) is 12.6 Å². The van der Waals surface area contributed by atoms with Gasteiger partial charge in [0.05, 0.1) is 0 Å². The highest BCUT2D eigenvalue weighted by Crippen LogP contribution is 2.60. The Kier molecular flexibility index (Phi) is 3.06. The summed E-state index contributed by atoms with van der Waals surface area (Å²) in [5, 5.41) is 3.49. The minimum absolute atomic E-state index is 0.607. The van der Waals surface area contributed by atoms with E-state index < -0.39 is 0 Å². The normalized spacial score (nSPS) is 44.1. The zero-order valence-electron chi connectivity index (χ0n) is 11.4. The largest absolute Gasteiger partial charge is 0.311 e. The number of hydrogen-bond acceptors (Lipinski definition) is 1. The maximum atomic E-state index is 3.49. The Morgan fingerprint density at radius 2 is 1.59 bits per heavy atom. The minimum atomic E-state index is 0.607. The Morgan fingerprint density at radius 3 is 2.06 bits per heavy atom. The van der Waals surface area contributed by atoms with Crippen molar-refractivity contribution in [3.8, 4) is 0 Å². The van der Waals surface area contributed by atoms with Gasteiger partial charge in [-0.25, -0.2) is 0 Å². The summed E-state index contributed by atoms with van der Waals surface area (Å²) in [6.07, 6.45) is 14.2. The smallest absolute Gasteiger partial charge is 0.0137 e. The Morgan fingerprint density at radius 1 is 1.06 bits per heavy atom. The molecule has 17 heavy (non-hydrogen) atoms. The molecule has 0 amide bonds. The summed E-state index contributed by atoms with van der Waals surface area (Å²) in [7, 11) is 0. The van der Waals surface area contributed by atoms with Crippen molar-refractivity contribution < 1.29 is 0 Å². The molecule has 0 atom stereocenters. The van der Waals surface area contributed by atoms with Gasteiger partial charge in [0.25, 0.3) is 0 Å². The van der Waals surface area contributed by atoms with E-state index in [1.807, 2.05) is 0 Å². The second-order valence-electron chi connectivity index (χ2n) is 7.25. The maximum Gasteiger partial charge on any atom is 0.0137 e. The monoisotopic (exact) mass is 233 g/mol. The van der Waals surface area contributed by atoms with Gasteiger partial charge in [0.15, 0.2) is 0 Å². The van der Waals surface area contributed by atoms with Crippen LogP contribution in [0.5, 0.6) is 0 Å². The molecule has 1 N–H and O–H groups in total. The fraction of sp³-hybridized carbons (Fsp3) is 0.875. The molecule has 96 valence electrons. The van der Waals surface area contributed by atoms with E-state index in [0.29, 0.717) is 11.5 Å². The first-order valence-electron chi connectivity index (χ1n) is 7.56. The average molecular weight is 233 g/mol. The lowest BCUT2D eigenvalue weighted by atomic mass is 9.49. The summed E-state index contributed by atoms with van der Waals surface area (Å²) in [6.45, 7) is 5.50. The Hall–Kier alpha value is -0.300. The third-order valence-corrected chi connectivity index (χ3v) is 5.20. The molecule has 4 aliphatic carbocycles. The van der Waals surface area contributed by atoms with Crippen LogP contribution in [0.2, 0.25) is 0 Å². The number of rotatable bonds is 4. The molecule has 0 radical (unpaired) electrons. The summed E-state index contributed by atoms with van der Waals surface area (Å²) in [4.78, 5) is 0. The molecule has 0 aliphatic heterocycles. The van der Waals surface area contributed by atoms with Gasteiger partial charge in [0.2, 0.25) is 0 Å². The molecule has 1 heteroatoms. The number of nitrogens with one attached hydrogen (secondary N) is 1. The van der Waals surface area contributed by atoms with E-state index in [2.05, 4.69) is 31.3 Å². The Bertz CT molecular complexity index is 267. The Labute approximate surface area is 106 Å². The maximum absolute atomic E-state index is 3.49. The zero-order chi connectivity index (χ0) is 11.9. The van der Waals surface area contributed by atoms with Crippen molar-refractivity contribution in [1.82, 2.24) is 5.32 Å². The minimum Gasteiger partial charge on any atom is -0.311 e. The van der Waals surface area contributed by atoms with Crippen LogP contribution in [0.25, 0.3) is 0 Å². The van der Waals surface area contributed by atoms with Crippen molar-refractivity contribution in [2.24, 2.45) is 23.2 Å². The summed E-state index contributed by atoms with van der Waals surface area (Å²) < 4.78 is 0. The van der Waals surface area contributed by atoms with Gasteiger partial charge < -0.3 is 5.32 Å². The molecule has 0 aromatic carbocycles. The van der Waals surface area contributed by atoms with Crippen molar-refractivity contribution in [3.63, 3.8) is 0 Å². The van der Waals surface area contributed by atoms with Crippen LogP contribution in [0.15, 0.2) is 12.2 Å². The molecule has 4 fully saturated rings. The van der Waals surface area contributed by atoms with E-state index in [0.717, 1.165) is 24.3 Å². The number of allylic oxidation sites excluding steroid dienone is 1. The predicted octanol–water partition coefficient (Wildman–Crippen LogP) is 3.76. The topological polar surface area (TPSA) is 12.0 Å². The SMILES string of the molecule is CC(C)NC/C=C/C12CC3CC(CC(C3)C1)C2. The molecular formula is C16H27N. The van der Waals surface area contributed by atoms with Gasteiger partial charge in [0.1, 0.15) is 0 Å². The van der Waals surface area contributed by atoms with E-state index in [1.54, 1.807) is 19.3 Å². The van der Waals surface area contributed by atoms with Crippen LogP contribution < -0.4 is 5.32 Å². The third kappa shape index (κ3) is 2.45. The molecular weight excluding hydrogens is 206 g/mol. The van der Waals surface area contributed by atoms with Gasteiger partial charge in [-0.1, -0.05) is 26.0 Å². The van der Waals surface area contributed by atoms with Gasteiger partial charge in [-0.05, 0) is 61.7 Å². The first-order valence-corrected chi connectivity index (χ1v) is 7.56. The molecule has 0 spiro atoms. The molecule has 0 unspecified atom stereocenters. The van der Waals surface area contributed by atoms with Crippen LogP contribution >= 0.6 is 0 Å². The van der Waals surface area contributed by atoms with Gasteiger partial charge in [-0.3, -0.25) is 0 Å². The van der Waals surface area contributed by atoms with Crippen LogP contribution in [0.1, 0.15) is 52.4 Å². The van der Waals surface area contributed by atoms with Crippen molar-refractivity contribution in [1.29, 1.82) is 0 Å². The van der Waals surface area contributed by atoms with Gasteiger partial charge >= 0.3 is 0 Å². The molecule has 1 nitrogen and oxygen atoms in total. The molecule has 0 heterocycles. The molecule has 0 aromatic heterocycles. The summed E-state index contributed by atoms with van der Waals surface area (Å²) in [5.41, 5.74) is 0.618. The lowest BCUT2D eigenvalue weighted by Gasteiger charge is -2.55. The van der Waals surface area contributed by atoms with E-state index in [9.17, 15) is 0 Å². The van der Waals surface area contributed by atoms with Crippen LogP contribution in [0.4, 0.5) is 0 Å². The zero-order valence-corrected chi connectivity index (χ0v) is 11.4. The highest BCUT2D eigenvalue weighted by atomic mass is 14.9.